The fourth-order valence-corrected chi connectivity index (χ4v) is 4.43. The van der Waals surface area contributed by atoms with Crippen molar-refractivity contribution in [3.05, 3.63) is 96.1 Å². The molecule has 29 heavy (non-hydrogen) atoms. The molecule has 1 fully saturated rings. The van der Waals surface area contributed by atoms with Crippen LogP contribution in [-0.2, 0) is 4.74 Å². The minimum absolute atomic E-state index is 0.0814. The zero-order valence-corrected chi connectivity index (χ0v) is 16.3. The number of para-hydroxylation sites is 2. The molecule has 4 heteroatoms. The molecule has 0 spiro atoms. The average molecular weight is 384 g/mol. The van der Waals surface area contributed by atoms with Crippen molar-refractivity contribution in [1.29, 1.82) is 0 Å². The molecule has 2 atom stereocenters. The van der Waals surface area contributed by atoms with Crippen molar-refractivity contribution in [2.45, 2.75) is 25.1 Å². The molecular weight excluding hydrogens is 360 g/mol. The van der Waals surface area contributed by atoms with Crippen LogP contribution < -0.4 is 4.90 Å². The van der Waals surface area contributed by atoms with E-state index in [0.29, 0.717) is 6.54 Å². The number of benzene rings is 3. The van der Waals surface area contributed by atoms with Crippen molar-refractivity contribution in [3.8, 4) is 0 Å². The van der Waals surface area contributed by atoms with Crippen LogP contribution in [-0.4, -0.2) is 30.1 Å². The van der Waals surface area contributed by atoms with Crippen LogP contribution in [0, 0.1) is 0 Å². The second-order valence-electron chi connectivity index (χ2n) is 7.59. The molecule has 2 aliphatic rings. The van der Waals surface area contributed by atoms with Crippen molar-refractivity contribution in [3.63, 3.8) is 0 Å². The predicted molar refractivity (Wildman–Crippen MR) is 114 cm³/mol. The molecule has 5 rings (SSSR count). The fourth-order valence-electron chi connectivity index (χ4n) is 4.43. The molecule has 146 valence electrons. The number of fused-ring (bicyclic) bond motifs is 1. The Morgan fingerprint density at radius 2 is 1.48 bits per heavy atom. The van der Waals surface area contributed by atoms with Crippen LogP contribution in [0.3, 0.4) is 0 Å². The first-order valence-electron chi connectivity index (χ1n) is 10.2. The third kappa shape index (κ3) is 3.30. The van der Waals surface area contributed by atoms with Crippen molar-refractivity contribution in [1.82, 2.24) is 4.90 Å². The van der Waals surface area contributed by atoms with Crippen molar-refractivity contribution >= 4 is 17.3 Å². The second kappa shape index (κ2) is 7.72. The third-order valence-electron chi connectivity index (χ3n) is 5.76. The zero-order chi connectivity index (χ0) is 19.6. The normalized spacial score (nSPS) is 20.7. The van der Waals surface area contributed by atoms with Gasteiger partial charge in [-0.15, -0.1) is 0 Å². The Bertz CT molecular complexity index is 944. The number of anilines is 2. The quantitative estimate of drug-likeness (QED) is 0.609. The SMILES string of the molecule is O=C1c2ccccc2C(N(c2ccccc2)c2ccccc2)N1CC1CCCO1. The molecule has 0 bridgehead atoms. The van der Waals surface area contributed by atoms with Gasteiger partial charge in [0.05, 0.1) is 6.10 Å². The molecule has 3 aromatic carbocycles. The maximum absolute atomic E-state index is 13.4. The summed E-state index contributed by atoms with van der Waals surface area (Å²) >= 11 is 0. The lowest BCUT2D eigenvalue weighted by molar-refractivity contribution is 0.0468. The number of ether oxygens (including phenoxy) is 1. The number of hydrogen-bond acceptors (Lipinski definition) is 3. The average Bonchev–Trinajstić information content (AvgIpc) is 3.39. The highest BCUT2D eigenvalue weighted by Crippen LogP contribution is 2.43. The van der Waals surface area contributed by atoms with Gasteiger partial charge in [-0.25, -0.2) is 0 Å². The summed E-state index contributed by atoms with van der Waals surface area (Å²) in [7, 11) is 0. The van der Waals surface area contributed by atoms with E-state index in [1.807, 2.05) is 59.5 Å². The molecular formula is C25H24N2O2. The van der Waals surface area contributed by atoms with Crippen LogP contribution in [0.15, 0.2) is 84.9 Å². The number of nitrogens with zero attached hydrogens (tertiary/aromatic N) is 2. The zero-order valence-electron chi connectivity index (χ0n) is 16.3. The minimum Gasteiger partial charge on any atom is -0.376 e. The maximum Gasteiger partial charge on any atom is 0.256 e. The van der Waals surface area contributed by atoms with Gasteiger partial charge in [-0.3, -0.25) is 4.79 Å². The molecule has 0 aromatic heterocycles. The van der Waals surface area contributed by atoms with Crippen LogP contribution in [0.2, 0.25) is 0 Å². The number of hydrogen-bond donors (Lipinski definition) is 0. The number of rotatable bonds is 5. The van der Waals surface area contributed by atoms with Gasteiger partial charge >= 0.3 is 0 Å². The van der Waals surface area contributed by atoms with Crippen LogP contribution in [0.25, 0.3) is 0 Å². The number of carbonyl (C=O) groups is 1. The highest BCUT2D eigenvalue weighted by atomic mass is 16.5. The Kier molecular flexibility index (Phi) is 4.78. The summed E-state index contributed by atoms with van der Waals surface area (Å²) in [6, 6.07) is 28.6. The standard InChI is InChI=1S/C25H24N2O2/c28-25-23-16-8-7-15-22(23)24(26(25)18-21-14-9-17-29-21)27(19-10-3-1-4-11-19)20-12-5-2-6-13-20/h1-8,10-13,15-16,21,24H,9,14,17-18H2. The van der Waals surface area contributed by atoms with Gasteiger partial charge in [-0.05, 0) is 43.2 Å². The van der Waals surface area contributed by atoms with E-state index < -0.39 is 0 Å². The van der Waals surface area contributed by atoms with Gasteiger partial charge in [-0.2, -0.15) is 0 Å². The largest absolute Gasteiger partial charge is 0.376 e. The highest BCUT2D eigenvalue weighted by molar-refractivity contribution is 6.00. The van der Waals surface area contributed by atoms with Gasteiger partial charge in [0, 0.05) is 35.7 Å². The molecule has 0 N–H and O–H groups in total. The molecule has 1 amide bonds. The summed E-state index contributed by atoms with van der Waals surface area (Å²) in [4.78, 5) is 17.7. The van der Waals surface area contributed by atoms with E-state index >= 15 is 0 Å². The first kappa shape index (κ1) is 18.0. The Balaban J connectivity index is 1.64. The van der Waals surface area contributed by atoms with E-state index in [1.165, 1.54) is 0 Å². The van der Waals surface area contributed by atoms with E-state index in [2.05, 4.69) is 35.2 Å². The third-order valence-corrected chi connectivity index (χ3v) is 5.76. The summed E-state index contributed by atoms with van der Waals surface area (Å²) in [5.41, 5.74) is 3.95. The topological polar surface area (TPSA) is 32.8 Å². The van der Waals surface area contributed by atoms with Gasteiger partial charge in [0.2, 0.25) is 0 Å². The van der Waals surface area contributed by atoms with Crippen LogP contribution in [0.5, 0.6) is 0 Å². The predicted octanol–water partition coefficient (Wildman–Crippen LogP) is 5.16. The summed E-state index contributed by atoms with van der Waals surface area (Å²) in [6.45, 7) is 1.39. The van der Waals surface area contributed by atoms with Gasteiger partial charge in [0.15, 0.2) is 0 Å². The van der Waals surface area contributed by atoms with E-state index in [9.17, 15) is 4.79 Å². The van der Waals surface area contributed by atoms with Crippen molar-refractivity contribution in [2.75, 3.05) is 18.1 Å². The lowest BCUT2D eigenvalue weighted by atomic mass is 10.1. The number of carbonyl (C=O) groups excluding carboxylic acids is 1. The molecule has 2 heterocycles. The molecule has 0 aliphatic carbocycles. The first-order valence-corrected chi connectivity index (χ1v) is 10.2. The van der Waals surface area contributed by atoms with Gasteiger partial charge in [-0.1, -0.05) is 54.6 Å². The summed E-state index contributed by atoms with van der Waals surface area (Å²) in [5.74, 6) is 0.0814. The Labute approximate surface area is 171 Å². The van der Waals surface area contributed by atoms with E-state index in [0.717, 1.165) is 42.0 Å². The van der Waals surface area contributed by atoms with E-state index in [4.69, 9.17) is 4.74 Å². The molecule has 1 saturated heterocycles. The lowest BCUT2D eigenvalue weighted by Gasteiger charge is -2.38. The van der Waals surface area contributed by atoms with Gasteiger partial charge in [0.25, 0.3) is 5.91 Å². The summed E-state index contributed by atoms with van der Waals surface area (Å²) in [5, 5.41) is 0. The van der Waals surface area contributed by atoms with Gasteiger partial charge < -0.3 is 14.5 Å². The molecule has 4 nitrogen and oxygen atoms in total. The molecule has 0 saturated carbocycles. The molecule has 0 radical (unpaired) electrons. The summed E-state index contributed by atoms with van der Waals surface area (Å²) < 4.78 is 5.89. The molecule has 2 unspecified atom stereocenters. The monoisotopic (exact) mass is 384 g/mol. The molecule has 2 aliphatic heterocycles. The Hall–Kier alpha value is -3.11. The summed E-state index contributed by atoms with van der Waals surface area (Å²) in [6.07, 6.45) is 1.96. The van der Waals surface area contributed by atoms with Crippen molar-refractivity contribution < 1.29 is 9.53 Å². The maximum atomic E-state index is 13.4. The van der Waals surface area contributed by atoms with Crippen LogP contribution >= 0.6 is 0 Å². The Morgan fingerprint density at radius 3 is 2.10 bits per heavy atom. The Morgan fingerprint density at radius 1 is 0.862 bits per heavy atom. The lowest BCUT2D eigenvalue weighted by Crippen LogP contribution is -2.41. The molecule has 3 aromatic rings. The van der Waals surface area contributed by atoms with Crippen LogP contribution in [0.4, 0.5) is 11.4 Å². The smallest absolute Gasteiger partial charge is 0.256 e. The first-order chi connectivity index (χ1) is 14.3. The minimum atomic E-state index is -0.201. The second-order valence-corrected chi connectivity index (χ2v) is 7.59. The fraction of sp³-hybridized carbons (Fsp3) is 0.240. The van der Waals surface area contributed by atoms with E-state index in [-0.39, 0.29) is 18.2 Å². The number of amides is 1. The van der Waals surface area contributed by atoms with Crippen LogP contribution in [0.1, 0.15) is 34.9 Å². The van der Waals surface area contributed by atoms with Crippen molar-refractivity contribution in [2.24, 2.45) is 0 Å². The highest BCUT2D eigenvalue weighted by Gasteiger charge is 2.42. The van der Waals surface area contributed by atoms with E-state index in [1.54, 1.807) is 0 Å². The van der Waals surface area contributed by atoms with Gasteiger partial charge in [0.1, 0.15) is 6.17 Å².